The molecule has 3 aromatic rings. The van der Waals surface area contributed by atoms with Gasteiger partial charge in [-0.25, -0.2) is 4.98 Å². The summed E-state index contributed by atoms with van der Waals surface area (Å²) in [5, 5.41) is 40.2. The topological polar surface area (TPSA) is 256 Å². The fourth-order valence-electron chi connectivity index (χ4n) is 1.85. The van der Waals surface area contributed by atoms with E-state index in [-0.39, 0.29) is 5.95 Å². The van der Waals surface area contributed by atoms with Crippen molar-refractivity contribution in [3.8, 4) is 5.75 Å². The Hall–Kier alpha value is -4.63. The van der Waals surface area contributed by atoms with Crippen LogP contribution in [-0.2, 0) is 0 Å². The Morgan fingerprint density at radius 3 is 2.00 bits per heavy atom. The standard InChI is InChI=1S/C6H3N3O7.C5H6N6/c10-6-4(8(13)14)1-3(7(11)12)2-5(6)9(15)16;6-3-2-4(9-1-8-2)11-5(7)10-3/h1-2,10H;1H,(H5,6,7,8,9,10,11). The lowest BCUT2D eigenvalue weighted by Crippen LogP contribution is -1.99. The fraction of sp³-hybridized carbons (Fsp3) is 0. The minimum atomic E-state index is -1.21. The van der Waals surface area contributed by atoms with Gasteiger partial charge in [0.25, 0.3) is 11.4 Å². The predicted octanol–water partition coefficient (Wildman–Crippen LogP) is 0.634. The number of phenols is 1. The van der Waals surface area contributed by atoms with Gasteiger partial charge >= 0.3 is 11.4 Å². The number of nitrogen functional groups attached to an aromatic ring is 2. The maximum atomic E-state index is 10.4. The van der Waals surface area contributed by atoms with E-state index in [4.69, 9.17) is 16.6 Å². The van der Waals surface area contributed by atoms with Gasteiger partial charge in [0, 0.05) is 0 Å². The first-order chi connectivity index (χ1) is 12.6. The highest BCUT2D eigenvalue weighted by molar-refractivity contribution is 5.81. The van der Waals surface area contributed by atoms with E-state index in [1.54, 1.807) is 0 Å². The van der Waals surface area contributed by atoms with E-state index >= 15 is 0 Å². The Kier molecular flexibility index (Phi) is 4.91. The van der Waals surface area contributed by atoms with E-state index in [2.05, 4.69) is 19.9 Å². The van der Waals surface area contributed by atoms with Crippen molar-refractivity contribution in [2.45, 2.75) is 0 Å². The first-order valence-electron chi connectivity index (χ1n) is 6.64. The largest absolute Gasteiger partial charge is 0.497 e. The summed E-state index contributed by atoms with van der Waals surface area (Å²) in [6.07, 6.45) is 1.50. The quantitative estimate of drug-likeness (QED) is 0.361. The maximum absolute atomic E-state index is 10.4. The third-order valence-electron chi connectivity index (χ3n) is 2.99. The molecule has 0 spiro atoms. The molecule has 0 amide bonds. The van der Waals surface area contributed by atoms with Crippen molar-refractivity contribution in [1.82, 2.24) is 19.9 Å². The van der Waals surface area contributed by atoms with E-state index < -0.39 is 37.6 Å². The van der Waals surface area contributed by atoms with E-state index in [0.29, 0.717) is 29.1 Å². The molecular formula is C11H9N9O7. The number of rotatable bonds is 3. The summed E-state index contributed by atoms with van der Waals surface area (Å²) in [6, 6.07) is 0.894. The van der Waals surface area contributed by atoms with Gasteiger partial charge in [0.2, 0.25) is 5.95 Å². The number of H-pyrrole nitrogens is 1. The second-order valence-corrected chi connectivity index (χ2v) is 4.67. The summed E-state index contributed by atoms with van der Waals surface area (Å²) in [5.74, 6) is -0.743. The Morgan fingerprint density at radius 1 is 0.963 bits per heavy atom. The zero-order chi connectivity index (χ0) is 20.3. The number of nitro groups is 3. The number of nitrogens with two attached hydrogens (primary N) is 2. The number of imidazole rings is 1. The van der Waals surface area contributed by atoms with Crippen LogP contribution in [0.2, 0.25) is 0 Å². The first-order valence-corrected chi connectivity index (χ1v) is 6.64. The predicted molar refractivity (Wildman–Crippen MR) is 88.6 cm³/mol. The summed E-state index contributed by atoms with van der Waals surface area (Å²) in [7, 11) is 0. The van der Waals surface area contributed by atoms with Crippen LogP contribution in [0.5, 0.6) is 5.75 Å². The van der Waals surface area contributed by atoms with Gasteiger partial charge in [0.15, 0.2) is 11.5 Å². The zero-order valence-corrected chi connectivity index (χ0v) is 13.0. The third kappa shape index (κ3) is 3.90. The van der Waals surface area contributed by atoms with Crippen molar-refractivity contribution >= 4 is 40.0 Å². The SMILES string of the molecule is Nc1nc(N)c2[nH]cnc2n1.O=[N+]([O-])c1cc([N+](=O)[O-])c(O)c([N+](=O)[O-])c1. The fourth-order valence-corrected chi connectivity index (χ4v) is 1.85. The third-order valence-corrected chi connectivity index (χ3v) is 2.99. The molecule has 6 N–H and O–H groups in total. The van der Waals surface area contributed by atoms with E-state index in [0.717, 1.165) is 0 Å². The lowest BCUT2D eigenvalue weighted by atomic mass is 10.2. The van der Waals surface area contributed by atoms with Crippen LogP contribution in [0.4, 0.5) is 28.8 Å². The minimum Gasteiger partial charge on any atom is -0.497 e. The van der Waals surface area contributed by atoms with Crippen LogP contribution in [-0.4, -0.2) is 39.8 Å². The highest BCUT2D eigenvalue weighted by atomic mass is 16.6. The molecule has 2 heterocycles. The number of nitro benzene ring substituents is 3. The van der Waals surface area contributed by atoms with Crippen molar-refractivity contribution in [1.29, 1.82) is 0 Å². The van der Waals surface area contributed by atoms with E-state index in [9.17, 15) is 30.3 Å². The van der Waals surface area contributed by atoms with Crippen LogP contribution in [0.25, 0.3) is 11.2 Å². The second-order valence-electron chi connectivity index (χ2n) is 4.67. The Labute approximate surface area is 146 Å². The summed E-state index contributed by atoms with van der Waals surface area (Å²) in [5.41, 5.74) is 8.94. The molecule has 0 aliphatic rings. The van der Waals surface area contributed by atoms with Crippen molar-refractivity contribution in [3.63, 3.8) is 0 Å². The van der Waals surface area contributed by atoms with Crippen molar-refractivity contribution in [2.75, 3.05) is 11.5 Å². The average Bonchev–Trinajstić information content (AvgIpc) is 3.03. The second kappa shape index (κ2) is 7.09. The molecule has 3 rings (SSSR count). The molecule has 0 saturated heterocycles. The molecular weight excluding hydrogens is 370 g/mol. The van der Waals surface area contributed by atoms with Gasteiger partial charge in [-0.3, -0.25) is 30.3 Å². The smallest absolute Gasteiger partial charge is 0.324 e. The Balaban J connectivity index is 0.000000206. The molecule has 0 fully saturated rings. The molecule has 0 aliphatic heterocycles. The molecule has 1 aromatic carbocycles. The summed E-state index contributed by atoms with van der Waals surface area (Å²) < 4.78 is 0. The number of aromatic nitrogens is 4. The van der Waals surface area contributed by atoms with E-state index in [1.807, 2.05) is 0 Å². The number of benzene rings is 1. The van der Waals surface area contributed by atoms with Gasteiger partial charge in [0.1, 0.15) is 5.52 Å². The van der Waals surface area contributed by atoms with Crippen molar-refractivity contribution < 1.29 is 19.9 Å². The van der Waals surface area contributed by atoms with Crippen LogP contribution >= 0.6 is 0 Å². The van der Waals surface area contributed by atoms with Crippen LogP contribution in [0.15, 0.2) is 18.5 Å². The number of fused-ring (bicyclic) bond motifs is 1. The molecule has 0 radical (unpaired) electrons. The molecule has 0 saturated carbocycles. The molecule has 140 valence electrons. The number of aromatic hydroxyl groups is 1. The number of non-ortho nitro benzene ring substituents is 1. The van der Waals surface area contributed by atoms with Gasteiger partial charge in [0.05, 0.1) is 33.2 Å². The summed E-state index contributed by atoms with van der Waals surface area (Å²) in [6.45, 7) is 0. The van der Waals surface area contributed by atoms with Gasteiger partial charge in [-0.15, -0.1) is 0 Å². The van der Waals surface area contributed by atoms with Crippen LogP contribution in [0, 0.1) is 30.3 Å². The number of aromatic amines is 1. The Bertz CT molecular complexity index is 1030. The number of nitrogens with one attached hydrogen (secondary N) is 1. The van der Waals surface area contributed by atoms with Gasteiger partial charge < -0.3 is 21.6 Å². The molecule has 2 aromatic heterocycles. The lowest BCUT2D eigenvalue weighted by Gasteiger charge is -1.97. The van der Waals surface area contributed by atoms with Crippen molar-refractivity contribution in [3.05, 3.63) is 48.8 Å². The number of anilines is 2. The zero-order valence-electron chi connectivity index (χ0n) is 13.0. The number of phenolic OH excluding ortho intramolecular Hbond substituents is 1. The molecule has 0 atom stereocenters. The summed E-state index contributed by atoms with van der Waals surface area (Å²) >= 11 is 0. The van der Waals surface area contributed by atoms with E-state index in [1.165, 1.54) is 6.33 Å². The first kappa shape index (κ1) is 18.7. The lowest BCUT2D eigenvalue weighted by molar-refractivity contribution is -0.404. The van der Waals surface area contributed by atoms with Gasteiger partial charge in [-0.05, 0) is 0 Å². The minimum absolute atomic E-state index is 0.141. The molecule has 0 bridgehead atoms. The van der Waals surface area contributed by atoms with Gasteiger partial charge in [-0.1, -0.05) is 0 Å². The number of nitrogens with zero attached hydrogens (tertiary/aromatic N) is 6. The highest BCUT2D eigenvalue weighted by Crippen LogP contribution is 2.38. The average molecular weight is 379 g/mol. The molecule has 0 aliphatic carbocycles. The molecule has 0 unspecified atom stereocenters. The van der Waals surface area contributed by atoms with Crippen LogP contribution in [0.3, 0.4) is 0 Å². The van der Waals surface area contributed by atoms with Gasteiger partial charge in [-0.2, -0.15) is 9.97 Å². The van der Waals surface area contributed by atoms with Crippen LogP contribution in [0.1, 0.15) is 0 Å². The molecule has 16 heteroatoms. The normalized spacial score (nSPS) is 10.1. The highest BCUT2D eigenvalue weighted by Gasteiger charge is 2.30. The Morgan fingerprint density at radius 2 is 1.52 bits per heavy atom. The molecule has 16 nitrogen and oxygen atoms in total. The van der Waals surface area contributed by atoms with Crippen molar-refractivity contribution in [2.24, 2.45) is 0 Å². The summed E-state index contributed by atoms with van der Waals surface area (Å²) in [4.78, 5) is 42.0. The molecule has 27 heavy (non-hydrogen) atoms. The maximum Gasteiger partial charge on any atom is 0.324 e. The number of hydrogen-bond acceptors (Lipinski definition) is 12. The monoisotopic (exact) mass is 379 g/mol. The number of hydrogen-bond donors (Lipinski definition) is 4. The van der Waals surface area contributed by atoms with Crippen LogP contribution < -0.4 is 11.5 Å².